The molecule has 0 N–H and O–H groups in total. The van der Waals surface area contributed by atoms with Gasteiger partial charge in [-0.2, -0.15) is 0 Å². The lowest BCUT2D eigenvalue weighted by Gasteiger charge is -2.13. The minimum absolute atomic E-state index is 0.550. The highest BCUT2D eigenvalue weighted by atomic mass is 16.5. The zero-order chi connectivity index (χ0) is 32.7. The minimum Gasteiger partial charge on any atom is -0.458 e. The van der Waals surface area contributed by atoms with Crippen LogP contribution in [-0.2, 0) is 6.42 Å². The first-order chi connectivity index (χ1) is 24.2. The maximum absolute atomic E-state index is 6.40. The van der Waals surface area contributed by atoms with E-state index in [0.29, 0.717) is 23.2 Å². The summed E-state index contributed by atoms with van der Waals surface area (Å²) in [6, 6.07) is 43.5. The lowest BCUT2D eigenvalue weighted by atomic mass is 9.98. The Kier molecular flexibility index (Phi) is 6.95. The lowest BCUT2D eigenvalue weighted by molar-refractivity contribution is 0.443. The number of rotatable bonds is 4. The number of benzene rings is 6. The molecule has 0 saturated heterocycles. The van der Waals surface area contributed by atoms with Gasteiger partial charge in [-0.3, -0.25) is 0 Å². The number of hydrogen-bond donors (Lipinski definition) is 0. The smallest absolute Gasteiger partial charge is 0.164 e. The average molecular weight is 632 g/mol. The van der Waals surface area contributed by atoms with Crippen LogP contribution in [0.25, 0.3) is 78.0 Å². The molecule has 9 rings (SSSR count). The molecule has 0 saturated carbocycles. The summed E-state index contributed by atoms with van der Waals surface area (Å²) in [6.45, 7) is 4.06. The van der Waals surface area contributed by atoms with E-state index in [4.69, 9.17) is 24.1 Å². The molecule has 8 aromatic rings. The molecular weight excluding hydrogens is 603 g/mol. The van der Waals surface area contributed by atoms with Crippen molar-refractivity contribution in [3.63, 3.8) is 0 Å². The molecule has 5 nitrogen and oxygen atoms in total. The van der Waals surface area contributed by atoms with Gasteiger partial charge in [-0.25, -0.2) is 15.0 Å². The van der Waals surface area contributed by atoms with Crippen LogP contribution >= 0.6 is 0 Å². The zero-order valence-corrected chi connectivity index (χ0v) is 26.5. The summed E-state index contributed by atoms with van der Waals surface area (Å²) in [4.78, 5) is 15.2. The Bertz CT molecular complexity index is 2630. The fraction of sp³-hybridized carbons (Fsp3) is 0.0227. The van der Waals surface area contributed by atoms with Crippen LogP contribution in [0.2, 0.25) is 0 Å². The van der Waals surface area contributed by atoms with E-state index in [2.05, 4.69) is 85.5 Å². The molecule has 1 aliphatic rings. The summed E-state index contributed by atoms with van der Waals surface area (Å²) >= 11 is 0. The van der Waals surface area contributed by atoms with Crippen molar-refractivity contribution in [2.75, 3.05) is 0 Å². The van der Waals surface area contributed by atoms with Gasteiger partial charge in [0, 0.05) is 27.5 Å². The largest absolute Gasteiger partial charge is 0.458 e. The monoisotopic (exact) mass is 631 g/mol. The Morgan fingerprint density at radius 2 is 1.31 bits per heavy atom. The van der Waals surface area contributed by atoms with Gasteiger partial charge in [0.15, 0.2) is 17.5 Å². The Hall–Kier alpha value is -6.59. The molecule has 3 heterocycles. The van der Waals surface area contributed by atoms with Crippen LogP contribution in [0.15, 0.2) is 168 Å². The lowest BCUT2D eigenvalue weighted by Crippen LogP contribution is -2.01. The molecule has 2 aromatic heterocycles. The topological polar surface area (TPSA) is 61.0 Å². The molecule has 0 spiro atoms. The molecule has 0 radical (unpaired) electrons. The standard InChI is InChI=1S/C44H29N3O2/c1-28-11-4-2-5-13-30-20-22-35(27-40(30)48-28)43-45-42(31-14-6-3-7-15-31)46-44(47-43)36-17-10-18-39-41(36)37-26-34(23-24-38(37)49-39)33-21-19-29-12-8-9-16-32(29)25-33/h2-12,14-27H,1,13H2/b5-2-,11-4-. The van der Waals surface area contributed by atoms with Crippen LogP contribution in [0.3, 0.4) is 0 Å². The number of aromatic nitrogens is 3. The molecule has 0 unspecified atom stereocenters. The highest BCUT2D eigenvalue weighted by Gasteiger charge is 2.19. The van der Waals surface area contributed by atoms with Crippen LogP contribution in [0.1, 0.15) is 5.56 Å². The van der Waals surface area contributed by atoms with E-state index in [1.54, 1.807) is 0 Å². The Morgan fingerprint density at radius 1 is 0.551 bits per heavy atom. The average Bonchev–Trinajstić information content (AvgIpc) is 3.56. The van der Waals surface area contributed by atoms with Gasteiger partial charge >= 0.3 is 0 Å². The number of hydrogen-bond acceptors (Lipinski definition) is 5. The third-order valence-electron chi connectivity index (χ3n) is 8.92. The van der Waals surface area contributed by atoms with E-state index < -0.39 is 0 Å². The number of furan rings is 1. The van der Waals surface area contributed by atoms with E-state index in [-0.39, 0.29) is 0 Å². The Labute approximate surface area is 283 Å². The highest BCUT2D eigenvalue weighted by molar-refractivity contribution is 6.13. The van der Waals surface area contributed by atoms with Crippen molar-refractivity contribution in [2.24, 2.45) is 0 Å². The normalized spacial score (nSPS) is 14.2. The van der Waals surface area contributed by atoms with E-state index in [1.807, 2.05) is 72.8 Å². The van der Waals surface area contributed by atoms with Crippen LogP contribution in [0.5, 0.6) is 5.75 Å². The van der Waals surface area contributed by atoms with E-state index in [1.165, 1.54) is 10.8 Å². The van der Waals surface area contributed by atoms with Gasteiger partial charge in [0.2, 0.25) is 0 Å². The first kappa shape index (κ1) is 28.6. The van der Waals surface area contributed by atoms with Gasteiger partial charge < -0.3 is 9.15 Å². The first-order valence-electron chi connectivity index (χ1n) is 16.3. The van der Waals surface area contributed by atoms with Crippen molar-refractivity contribution in [1.29, 1.82) is 0 Å². The van der Waals surface area contributed by atoms with E-state index in [0.717, 1.165) is 67.5 Å². The van der Waals surface area contributed by atoms with Crippen molar-refractivity contribution >= 4 is 32.7 Å². The van der Waals surface area contributed by atoms with Crippen molar-refractivity contribution in [3.8, 4) is 51.0 Å². The molecule has 1 aliphatic heterocycles. The summed E-state index contributed by atoms with van der Waals surface area (Å²) in [5.74, 6) is 2.99. The maximum Gasteiger partial charge on any atom is 0.164 e. The van der Waals surface area contributed by atoms with Crippen molar-refractivity contribution in [2.45, 2.75) is 6.42 Å². The predicted octanol–water partition coefficient (Wildman–Crippen LogP) is 11.2. The van der Waals surface area contributed by atoms with Gasteiger partial charge in [-0.05, 0) is 70.3 Å². The van der Waals surface area contributed by atoms with Gasteiger partial charge in [0.1, 0.15) is 22.7 Å². The molecule has 49 heavy (non-hydrogen) atoms. The zero-order valence-electron chi connectivity index (χ0n) is 26.5. The van der Waals surface area contributed by atoms with Crippen LogP contribution in [-0.4, -0.2) is 15.0 Å². The van der Waals surface area contributed by atoms with Gasteiger partial charge in [-0.15, -0.1) is 0 Å². The first-order valence-corrected chi connectivity index (χ1v) is 16.3. The van der Waals surface area contributed by atoms with Gasteiger partial charge in [0.05, 0.1) is 0 Å². The molecule has 232 valence electrons. The number of fused-ring (bicyclic) bond motifs is 5. The van der Waals surface area contributed by atoms with E-state index in [9.17, 15) is 0 Å². The summed E-state index contributed by atoms with van der Waals surface area (Å²) < 4.78 is 12.6. The molecule has 0 aliphatic carbocycles. The van der Waals surface area contributed by atoms with Crippen molar-refractivity contribution in [3.05, 3.63) is 170 Å². The second-order valence-corrected chi connectivity index (χ2v) is 12.1. The van der Waals surface area contributed by atoms with Crippen molar-refractivity contribution in [1.82, 2.24) is 15.0 Å². The summed E-state index contributed by atoms with van der Waals surface area (Å²) in [6.07, 6.45) is 8.64. The van der Waals surface area contributed by atoms with E-state index >= 15 is 0 Å². The molecule has 0 atom stereocenters. The van der Waals surface area contributed by atoms with Crippen molar-refractivity contribution < 1.29 is 9.15 Å². The molecule has 0 amide bonds. The number of nitrogens with zero attached hydrogens (tertiary/aromatic N) is 3. The molecule has 0 fully saturated rings. The molecular formula is C44H29N3O2. The third-order valence-corrected chi connectivity index (χ3v) is 8.92. The van der Waals surface area contributed by atoms with Crippen LogP contribution in [0, 0.1) is 0 Å². The summed E-state index contributed by atoms with van der Waals surface area (Å²) in [7, 11) is 0. The highest BCUT2D eigenvalue weighted by Crippen LogP contribution is 2.39. The van der Waals surface area contributed by atoms with Crippen LogP contribution in [0.4, 0.5) is 0 Å². The van der Waals surface area contributed by atoms with Gasteiger partial charge in [-0.1, -0.05) is 122 Å². The van der Waals surface area contributed by atoms with Gasteiger partial charge in [0.25, 0.3) is 0 Å². The number of ether oxygens (including phenoxy) is 1. The molecule has 6 aromatic carbocycles. The fourth-order valence-electron chi connectivity index (χ4n) is 6.47. The molecule has 0 bridgehead atoms. The third kappa shape index (κ3) is 5.37. The SMILES string of the molecule is C=C1/C=C\C=C/Cc2ccc(-c3nc(-c4ccccc4)nc(-c4cccc5oc6ccc(-c7ccc8ccccc8c7)cc6c45)n3)cc2O1. The second kappa shape index (κ2) is 11.9. The quantitative estimate of drug-likeness (QED) is 0.193. The Morgan fingerprint density at radius 3 is 2.20 bits per heavy atom. The van der Waals surface area contributed by atoms with Crippen LogP contribution < -0.4 is 4.74 Å². The predicted molar refractivity (Wildman–Crippen MR) is 198 cm³/mol. The Balaban J connectivity index is 1.23. The fourth-order valence-corrected chi connectivity index (χ4v) is 6.47. The molecule has 5 heteroatoms. The number of allylic oxidation sites excluding steroid dienone is 4. The maximum atomic E-state index is 6.40. The summed E-state index contributed by atoms with van der Waals surface area (Å²) in [5.41, 5.74) is 7.49. The minimum atomic E-state index is 0.550. The summed E-state index contributed by atoms with van der Waals surface area (Å²) in [5, 5.41) is 4.39. The second-order valence-electron chi connectivity index (χ2n) is 12.1.